The third-order valence-electron chi connectivity index (χ3n) is 4.34. The molecule has 1 heterocycles. The van der Waals surface area contributed by atoms with E-state index >= 15 is 0 Å². The lowest BCUT2D eigenvalue weighted by molar-refractivity contribution is 0.273. The normalized spacial score (nSPS) is 34.3. The van der Waals surface area contributed by atoms with E-state index in [0.717, 1.165) is 38.5 Å². The molecule has 0 bridgehead atoms. The molecule has 6 heteroatoms. The molecule has 3 atom stereocenters. The largest absolute Gasteiger partial charge is 0.328 e. The molecule has 2 rings (SSSR count). The van der Waals surface area contributed by atoms with Gasteiger partial charge >= 0.3 is 0 Å². The average Bonchev–Trinajstić information content (AvgIpc) is 2.37. The maximum Gasteiger partial charge on any atom is 0.279 e. The Morgan fingerprint density at radius 1 is 1.26 bits per heavy atom. The molecule has 112 valence electrons. The molecule has 1 aliphatic carbocycles. The van der Waals surface area contributed by atoms with E-state index in [1.165, 1.54) is 0 Å². The Morgan fingerprint density at radius 2 is 2.05 bits per heavy atom. The van der Waals surface area contributed by atoms with Crippen molar-refractivity contribution in [1.29, 1.82) is 0 Å². The zero-order valence-corrected chi connectivity index (χ0v) is 12.7. The Hall–Kier alpha value is -0.170. The van der Waals surface area contributed by atoms with Crippen LogP contribution >= 0.6 is 0 Å². The highest BCUT2D eigenvalue weighted by molar-refractivity contribution is 7.87. The summed E-state index contributed by atoms with van der Waals surface area (Å²) in [5.41, 5.74) is 5.94. The van der Waals surface area contributed by atoms with Gasteiger partial charge in [0.05, 0.1) is 0 Å². The summed E-state index contributed by atoms with van der Waals surface area (Å²) >= 11 is 0. The van der Waals surface area contributed by atoms with Gasteiger partial charge in [-0.15, -0.1) is 0 Å². The number of nitrogens with zero attached hydrogens (tertiary/aromatic N) is 1. The van der Waals surface area contributed by atoms with Gasteiger partial charge in [0, 0.05) is 25.7 Å². The van der Waals surface area contributed by atoms with Gasteiger partial charge in [-0.2, -0.15) is 12.7 Å². The highest BCUT2D eigenvalue weighted by Gasteiger charge is 2.28. The van der Waals surface area contributed by atoms with Crippen molar-refractivity contribution in [2.24, 2.45) is 17.6 Å². The summed E-state index contributed by atoms with van der Waals surface area (Å²) in [6, 6.07) is 0.248. The van der Waals surface area contributed by atoms with Gasteiger partial charge in [-0.1, -0.05) is 13.3 Å². The first-order valence-corrected chi connectivity index (χ1v) is 8.91. The average molecular weight is 289 g/mol. The molecule has 5 nitrogen and oxygen atoms in total. The van der Waals surface area contributed by atoms with Crippen LogP contribution in [0.25, 0.3) is 0 Å². The van der Waals surface area contributed by atoms with E-state index in [0.29, 0.717) is 31.5 Å². The predicted molar refractivity (Wildman–Crippen MR) is 76.8 cm³/mol. The van der Waals surface area contributed by atoms with Crippen LogP contribution in [-0.4, -0.2) is 38.4 Å². The molecule has 19 heavy (non-hydrogen) atoms. The smallest absolute Gasteiger partial charge is 0.279 e. The van der Waals surface area contributed by atoms with E-state index in [1.54, 1.807) is 4.31 Å². The van der Waals surface area contributed by atoms with Crippen molar-refractivity contribution in [3.63, 3.8) is 0 Å². The Balaban J connectivity index is 1.83. The van der Waals surface area contributed by atoms with E-state index in [9.17, 15) is 8.42 Å². The molecule has 0 aromatic carbocycles. The summed E-state index contributed by atoms with van der Waals surface area (Å²) in [4.78, 5) is 0. The zero-order chi connectivity index (χ0) is 13.9. The first kappa shape index (κ1) is 15.2. The maximum atomic E-state index is 12.2. The quantitative estimate of drug-likeness (QED) is 0.813. The topological polar surface area (TPSA) is 75.4 Å². The van der Waals surface area contributed by atoms with E-state index in [4.69, 9.17) is 5.73 Å². The van der Waals surface area contributed by atoms with E-state index in [-0.39, 0.29) is 6.04 Å². The second-order valence-corrected chi connectivity index (χ2v) is 8.01. The molecular formula is C13H27N3O2S. The minimum absolute atomic E-state index is 0.248. The molecule has 0 aromatic rings. The lowest BCUT2D eigenvalue weighted by Gasteiger charge is -2.31. The molecular weight excluding hydrogens is 262 g/mol. The number of rotatable bonds is 4. The van der Waals surface area contributed by atoms with Crippen LogP contribution in [0, 0.1) is 11.8 Å². The number of piperidine rings is 1. The second-order valence-electron chi connectivity index (χ2n) is 6.25. The monoisotopic (exact) mass is 289 g/mol. The van der Waals surface area contributed by atoms with Gasteiger partial charge in [-0.25, -0.2) is 4.72 Å². The molecule has 3 N–H and O–H groups in total. The van der Waals surface area contributed by atoms with Crippen molar-refractivity contribution < 1.29 is 8.42 Å². The molecule has 0 radical (unpaired) electrons. The van der Waals surface area contributed by atoms with Gasteiger partial charge in [0.1, 0.15) is 0 Å². The van der Waals surface area contributed by atoms with Crippen molar-refractivity contribution in [1.82, 2.24) is 9.03 Å². The van der Waals surface area contributed by atoms with Gasteiger partial charge in [-0.3, -0.25) is 0 Å². The first-order valence-electron chi connectivity index (χ1n) is 7.47. The van der Waals surface area contributed by atoms with Crippen LogP contribution in [0.15, 0.2) is 0 Å². The Kier molecular flexibility index (Phi) is 5.22. The lowest BCUT2D eigenvalue weighted by atomic mass is 9.86. The van der Waals surface area contributed by atoms with Gasteiger partial charge < -0.3 is 5.73 Å². The van der Waals surface area contributed by atoms with Crippen LogP contribution in [-0.2, 0) is 10.2 Å². The van der Waals surface area contributed by atoms with Gasteiger partial charge in [-0.05, 0) is 43.9 Å². The summed E-state index contributed by atoms with van der Waals surface area (Å²) in [7, 11) is -3.29. The van der Waals surface area contributed by atoms with Gasteiger partial charge in [0.25, 0.3) is 10.2 Å². The summed E-state index contributed by atoms with van der Waals surface area (Å²) in [6.07, 6.45) is 6.33. The van der Waals surface area contributed by atoms with Gasteiger partial charge in [0.15, 0.2) is 0 Å². The van der Waals surface area contributed by atoms with E-state index < -0.39 is 10.2 Å². The predicted octanol–water partition coefficient (Wildman–Crippen LogP) is 1.07. The fourth-order valence-corrected chi connectivity index (χ4v) is 4.65. The van der Waals surface area contributed by atoms with Crippen molar-refractivity contribution in [3.8, 4) is 0 Å². The van der Waals surface area contributed by atoms with Gasteiger partial charge in [0.2, 0.25) is 0 Å². The third-order valence-corrected chi connectivity index (χ3v) is 5.88. The first-order chi connectivity index (χ1) is 8.97. The summed E-state index contributed by atoms with van der Waals surface area (Å²) in [6.45, 7) is 3.96. The van der Waals surface area contributed by atoms with Crippen LogP contribution < -0.4 is 10.5 Å². The maximum absolute atomic E-state index is 12.2. The Bertz CT molecular complexity index is 385. The fraction of sp³-hybridized carbons (Fsp3) is 1.00. The summed E-state index contributed by atoms with van der Waals surface area (Å²) in [5.74, 6) is 0.870. The van der Waals surface area contributed by atoms with E-state index in [2.05, 4.69) is 11.6 Å². The number of nitrogens with one attached hydrogen (secondary N) is 1. The highest BCUT2D eigenvalue weighted by atomic mass is 32.2. The molecule has 0 amide bonds. The van der Waals surface area contributed by atoms with Crippen molar-refractivity contribution in [2.75, 3.05) is 19.6 Å². The minimum atomic E-state index is -3.29. The molecule has 1 aliphatic heterocycles. The zero-order valence-electron chi connectivity index (χ0n) is 11.8. The van der Waals surface area contributed by atoms with Crippen LogP contribution in [0.1, 0.15) is 45.4 Å². The van der Waals surface area contributed by atoms with Crippen molar-refractivity contribution in [2.45, 2.75) is 51.5 Å². The molecule has 0 aromatic heterocycles. The molecule has 3 unspecified atom stereocenters. The van der Waals surface area contributed by atoms with E-state index in [1.807, 2.05) is 0 Å². The molecule has 0 spiro atoms. The Labute approximate surface area is 117 Å². The number of nitrogens with two attached hydrogens (primary N) is 1. The van der Waals surface area contributed by atoms with Crippen molar-refractivity contribution >= 4 is 10.2 Å². The van der Waals surface area contributed by atoms with Crippen molar-refractivity contribution in [3.05, 3.63) is 0 Å². The van der Waals surface area contributed by atoms with Crippen LogP contribution in [0.5, 0.6) is 0 Å². The Morgan fingerprint density at radius 3 is 2.74 bits per heavy atom. The number of hydrogen-bond acceptors (Lipinski definition) is 3. The van der Waals surface area contributed by atoms with Crippen LogP contribution in [0.4, 0.5) is 0 Å². The molecule has 2 aliphatic rings. The summed E-state index contributed by atoms with van der Waals surface area (Å²) in [5, 5.41) is 0. The number of hydrogen-bond donors (Lipinski definition) is 2. The molecule has 1 saturated carbocycles. The third kappa shape index (κ3) is 4.41. The van der Waals surface area contributed by atoms with Crippen LogP contribution in [0.3, 0.4) is 0 Å². The second kappa shape index (κ2) is 6.52. The lowest BCUT2D eigenvalue weighted by Crippen LogP contribution is -2.47. The van der Waals surface area contributed by atoms with Crippen LogP contribution in [0.2, 0.25) is 0 Å². The summed E-state index contributed by atoms with van der Waals surface area (Å²) < 4.78 is 28.9. The molecule has 2 fully saturated rings. The standard InChI is InChI=1S/C13H27N3O2S/c1-11-4-3-7-16(10-11)19(17,18)15-9-12-5-2-6-13(14)8-12/h11-13,15H,2-10,14H2,1H3. The molecule has 1 saturated heterocycles. The fourth-order valence-electron chi connectivity index (χ4n) is 3.20. The minimum Gasteiger partial charge on any atom is -0.328 e. The SMILES string of the molecule is CC1CCCN(S(=O)(=O)NCC2CCCC(N)C2)C1. The highest BCUT2D eigenvalue weighted by Crippen LogP contribution is 2.23.